The Bertz CT molecular complexity index is 1100. The average Bonchev–Trinajstić information content (AvgIpc) is 2.97. The normalized spacial score (nSPS) is 12.6. The van der Waals surface area contributed by atoms with Crippen LogP contribution in [0.5, 0.6) is 5.75 Å². The van der Waals surface area contributed by atoms with Crippen molar-refractivity contribution in [1.29, 1.82) is 5.26 Å². The van der Waals surface area contributed by atoms with Gasteiger partial charge in [-0.1, -0.05) is 11.6 Å². The van der Waals surface area contributed by atoms with Gasteiger partial charge in [0.1, 0.15) is 17.5 Å². The average molecular weight is 463 g/mol. The molecule has 0 aliphatic heterocycles. The Morgan fingerprint density at radius 2 is 1.83 bits per heavy atom. The zero-order valence-corrected chi connectivity index (χ0v) is 15.8. The Morgan fingerprint density at radius 1 is 1.24 bits per heavy atom. The molecule has 1 N–H and O–H groups in total. The molecule has 0 saturated heterocycles. The number of methoxy groups -OCH3 is 1. The summed E-state index contributed by atoms with van der Waals surface area (Å²) in [5.41, 5.74) is -8.66. The molecule has 0 spiro atoms. The molecular weight excluding hydrogens is 454 g/mol. The second-order valence-corrected chi connectivity index (χ2v) is 7.54. The van der Waals surface area contributed by atoms with Crippen LogP contribution in [0.4, 0.5) is 32.2 Å². The fraction of sp³-hybridized carbons (Fsp3) is 0.286. The fourth-order valence-corrected chi connectivity index (χ4v) is 3.63. The lowest BCUT2D eigenvalue weighted by molar-refractivity contribution is -0.137. The third-order valence-electron chi connectivity index (χ3n) is 3.55. The first-order valence-corrected chi connectivity index (χ1v) is 9.04. The van der Waals surface area contributed by atoms with Gasteiger partial charge in [-0.25, -0.2) is 13.1 Å². The Balaban J connectivity index is 2.94. The van der Waals surface area contributed by atoms with Gasteiger partial charge >= 0.3 is 11.7 Å². The van der Waals surface area contributed by atoms with E-state index in [1.165, 1.54) is 6.07 Å². The summed E-state index contributed by atoms with van der Waals surface area (Å²) < 4.78 is 107. The van der Waals surface area contributed by atoms with Crippen LogP contribution in [0, 0.1) is 11.3 Å². The maximum atomic E-state index is 13.0. The van der Waals surface area contributed by atoms with E-state index in [9.17, 15) is 34.8 Å². The minimum Gasteiger partial charge on any atom is -0.494 e. The summed E-state index contributed by atoms with van der Waals surface area (Å²) in [5, 5.41) is 14.0. The van der Waals surface area contributed by atoms with Gasteiger partial charge in [-0.3, -0.25) is 0 Å². The van der Waals surface area contributed by atoms with E-state index in [4.69, 9.17) is 21.6 Å². The number of hydrogen-bond donors (Lipinski definition) is 1. The molecule has 7 nitrogen and oxygen atoms in total. The van der Waals surface area contributed by atoms with Gasteiger partial charge in [-0.2, -0.15) is 36.7 Å². The molecule has 0 radical (unpaired) electrons. The van der Waals surface area contributed by atoms with E-state index >= 15 is 0 Å². The molecule has 0 atom stereocenters. The van der Waals surface area contributed by atoms with Crippen molar-refractivity contribution in [2.24, 2.45) is 0 Å². The van der Waals surface area contributed by atoms with Gasteiger partial charge in [0.15, 0.2) is 16.4 Å². The highest BCUT2D eigenvalue weighted by Crippen LogP contribution is 2.42. The third kappa shape index (κ3) is 3.79. The Morgan fingerprint density at radius 3 is 2.24 bits per heavy atom. The van der Waals surface area contributed by atoms with E-state index in [-0.39, 0.29) is 0 Å². The predicted octanol–water partition coefficient (Wildman–Crippen LogP) is 3.76. The number of ether oxygens (including phenoxy) is 1. The van der Waals surface area contributed by atoms with Crippen LogP contribution in [-0.4, -0.2) is 37.9 Å². The number of alkyl halides is 6. The van der Waals surface area contributed by atoms with Crippen LogP contribution in [0.1, 0.15) is 11.3 Å². The van der Waals surface area contributed by atoms with Crippen molar-refractivity contribution in [3.8, 4) is 17.5 Å². The van der Waals surface area contributed by atoms with Gasteiger partial charge < -0.3 is 10.1 Å². The number of nitrogens with one attached hydrogen (secondary N) is 1. The number of anilines is 1. The SMILES string of the molecule is CNc1c(S(=O)(=O)C(F)(F)F)c(C#N)nn1-c1c(Cl)cc(C(F)(F)F)cc1OC. The largest absolute Gasteiger partial charge is 0.502 e. The monoisotopic (exact) mass is 462 g/mol. The van der Waals surface area contributed by atoms with Crippen LogP contribution < -0.4 is 10.1 Å². The molecule has 1 aromatic heterocycles. The standard InChI is InChI=1S/C14H9ClF6N4O3S/c1-23-12-11(29(26,27)14(19,20)21)8(5-22)24-25(12)10-7(15)3-6(13(16,17)18)4-9(10)28-2/h3-4,23H,1-2H3. The predicted molar refractivity (Wildman–Crippen MR) is 87.6 cm³/mol. The van der Waals surface area contributed by atoms with Crippen LogP contribution in [-0.2, 0) is 16.0 Å². The Labute approximate surface area is 164 Å². The zero-order valence-electron chi connectivity index (χ0n) is 14.3. The number of benzene rings is 1. The van der Waals surface area contributed by atoms with Crippen LogP contribution >= 0.6 is 11.6 Å². The summed E-state index contributed by atoms with van der Waals surface area (Å²) in [6.07, 6.45) is -4.83. The van der Waals surface area contributed by atoms with Crippen LogP contribution in [0.15, 0.2) is 17.0 Å². The van der Waals surface area contributed by atoms with Crippen molar-refractivity contribution in [3.63, 3.8) is 0 Å². The topological polar surface area (TPSA) is 97.0 Å². The van der Waals surface area contributed by atoms with Crippen molar-refractivity contribution in [2.75, 3.05) is 19.5 Å². The molecule has 2 rings (SSSR count). The second kappa shape index (κ2) is 7.30. The maximum absolute atomic E-state index is 13.0. The Kier molecular flexibility index (Phi) is 5.70. The van der Waals surface area contributed by atoms with E-state index < -0.39 is 60.0 Å². The van der Waals surface area contributed by atoms with Crippen LogP contribution in [0.3, 0.4) is 0 Å². The Hall–Kier alpha value is -2.66. The molecular formula is C14H9ClF6N4O3S. The molecule has 0 aliphatic carbocycles. The molecule has 1 heterocycles. The van der Waals surface area contributed by atoms with Gasteiger partial charge in [0.25, 0.3) is 9.84 Å². The van der Waals surface area contributed by atoms with Gasteiger partial charge in [0.05, 0.1) is 17.7 Å². The first-order chi connectivity index (χ1) is 13.2. The van der Waals surface area contributed by atoms with Crippen LogP contribution in [0.2, 0.25) is 5.02 Å². The number of halogens is 7. The first kappa shape index (κ1) is 22.6. The smallest absolute Gasteiger partial charge is 0.494 e. The van der Waals surface area contributed by atoms with Gasteiger partial charge in [-0.15, -0.1) is 0 Å². The van der Waals surface area contributed by atoms with Crippen molar-refractivity contribution >= 4 is 27.3 Å². The number of sulfone groups is 1. The molecule has 15 heteroatoms. The number of rotatable bonds is 4. The minimum atomic E-state index is -6.05. The van der Waals surface area contributed by atoms with Gasteiger partial charge in [0, 0.05) is 7.05 Å². The van der Waals surface area contributed by atoms with Crippen LogP contribution in [0.25, 0.3) is 5.69 Å². The molecule has 0 aliphatic rings. The molecule has 2 aromatic rings. The molecule has 1 aromatic carbocycles. The lowest BCUT2D eigenvalue weighted by Gasteiger charge is -2.16. The summed E-state index contributed by atoms with van der Waals surface area (Å²) >= 11 is 5.87. The molecule has 0 bridgehead atoms. The van der Waals surface area contributed by atoms with Crippen molar-refractivity contribution in [1.82, 2.24) is 9.78 Å². The zero-order chi connectivity index (χ0) is 22.4. The highest BCUT2D eigenvalue weighted by Gasteiger charge is 2.51. The van der Waals surface area contributed by atoms with E-state index in [1.54, 1.807) is 0 Å². The first-order valence-electron chi connectivity index (χ1n) is 7.18. The lowest BCUT2D eigenvalue weighted by Crippen LogP contribution is -2.24. The third-order valence-corrected chi connectivity index (χ3v) is 5.37. The van der Waals surface area contributed by atoms with Crippen molar-refractivity contribution < 1.29 is 39.5 Å². The number of nitrogens with zero attached hydrogens (tertiary/aromatic N) is 3. The number of aromatic nitrogens is 2. The summed E-state index contributed by atoms with van der Waals surface area (Å²) in [7, 11) is -4.07. The number of hydrogen-bond acceptors (Lipinski definition) is 6. The highest BCUT2D eigenvalue weighted by molar-refractivity contribution is 7.92. The maximum Gasteiger partial charge on any atom is 0.502 e. The molecule has 158 valence electrons. The molecule has 29 heavy (non-hydrogen) atoms. The summed E-state index contributed by atoms with van der Waals surface area (Å²) in [6.45, 7) is 0. The van der Waals surface area contributed by atoms with Crippen molar-refractivity contribution in [3.05, 3.63) is 28.4 Å². The molecule has 0 amide bonds. The minimum absolute atomic E-state index is 0.449. The van der Waals surface area contributed by atoms with Crippen molar-refractivity contribution in [2.45, 2.75) is 16.6 Å². The van der Waals surface area contributed by atoms with E-state index in [0.717, 1.165) is 14.2 Å². The summed E-state index contributed by atoms with van der Waals surface area (Å²) in [5.74, 6) is -1.43. The summed E-state index contributed by atoms with van der Waals surface area (Å²) in [6, 6.07) is 2.16. The molecule has 0 fully saturated rings. The van der Waals surface area contributed by atoms with E-state index in [2.05, 4.69) is 10.4 Å². The quantitative estimate of drug-likeness (QED) is 0.695. The number of nitriles is 1. The molecule has 0 unspecified atom stereocenters. The summed E-state index contributed by atoms with van der Waals surface area (Å²) in [4.78, 5) is -1.51. The molecule has 0 saturated carbocycles. The van der Waals surface area contributed by atoms with Gasteiger partial charge in [0.2, 0.25) is 0 Å². The lowest BCUT2D eigenvalue weighted by atomic mass is 10.1. The second-order valence-electron chi connectivity index (χ2n) is 5.26. The van der Waals surface area contributed by atoms with E-state index in [1.807, 2.05) is 0 Å². The highest BCUT2D eigenvalue weighted by atomic mass is 35.5. The van der Waals surface area contributed by atoms with E-state index in [0.29, 0.717) is 16.8 Å². The van der Waals surface area contributed by atoms with Gasteiger partial charge in [-0.05, 0) is 12.1 Å². The fourth-order valence-electron chi connectivity index (χ4n) is 2.33.